The second-order valence-corrected chi connectivity index (χ2v) is 6.16. The van der Waals surface area contributed by atoms with Crippen molar-refractivity contribution in [2.75, 3.05) is 20.2 Å². The average molecular weight is 292 g/mol. The predicted octanol–water partition coefficient (Wildman–Crippen LogP) is 1.77. The zero-order valence-electron chi connectivity index (χ0n) is 12.9. The Hall–Kier alpha value is -0.940. The Balaban J connectivity index is 1.63. The number of nitrogens with two attached hydrogens (primary N) is 1. The Morgan fingerprint density at radius 2 is 1.90 bits per heavy atom. The van der Waals surface area contributed by atoms with Crippen molar-refractivity contribution in [3.8, 4) is 0 Å². The minimum atomic E-state index is -0.436. The summed E-state index contributed by atoms with van der Waals surface area (Å²) in [5, 5.41) is 10.1. The molecule has 0 aliphatic heterocycles. The molecule has 3 N–H and O–H groups in total. The topological polar surface area (TPSA) is 58.7 Å². The minimum absolute atomic E-state index is 0.369. The molecule has 4 nitrogen and oxygen atoms in total. The van der Waals surface area contributed by atoms with Crippen LogP contribution in [0.4, 0.5) is 0 Å². The van der Waals surface area contributed by atoms with Gasteiger partial charge in [0, 0.05) is 18.6 Å². The maximum absolute atomic E-state index is 10.1. The van der Waals surface area contributed by atoms with Gasteiger partial charge in [-0.1, -0.05) is 30.3 Å². The van der Waals surface area contributed by atoms with Crippen LogP contribution in [0, 0.1) is 0 Å². The summed E-state index contributed by atoms with van der Waals surface area (Å²) in [7, 11) is 2.09. The fourth-order valence-electron chi connectivity index (χ4n) is 2.96. The zero-order chi connectivity index (χ0) is 15.1. The van der Waals surface area contributed by atoms with Crippen LogP contribution in [0.2, 0.25) is 0 Å². The molecule has 118 valence electrons. The molecule has 21 heavy (non-hydrogen) atoms. The van der Waals surface area contributed by atoms with E-state index in [1.165, 1.54) is 0 Å². The SMILES string of the molecule is CN(CC(O)COCc1ccccc1)C1CCC(N)CC1. The number of ether oxygens (including phenoxy) is 1. The first kappa shape index (κ1) is 16.4. The molecule has 0 aromatic heterocycles. The quantitative estimate of drug-likeness (QED) is 0.804. The van der Waals surface area contributed by atoms with Gasteiger partial charge in [-0.3, -0.25) is 0 Å². The molecule has 1 aliphatic carbocycles. The van der Waals surface area contributed by atoms with E-state index in [0.717, 1.165) is 31.2 Å². The Morgan fingerprint density at radius 3 is 2.57 bits per heavy atom. The largest absolute Gasteiger partial charge is 0.389 e. The Morgan fingerprint density at radius 1 is 1.24 bits per heavy atom. The van der Waals surface area contributed by atoms with Gasteiger partial charge in [-0.15, -0.1) is 0 Å². The van der Waals surface area contributed by atoms with Crippen molar-refractivity contribution in [2.45, 2.75) is 50.5 Å². The number of aliphatic hydroxyl groups is 1. The molecule has 1 aliphatic rings. The maximum Gasteiger partial charge on any atom is 0.0900 e. The van der Waals surface area contributed by atoms with E-state index in [4.69, 9.17) is 10.5 Å². The zero-order valence-corrected chi connectivity index (χ0v) is 12.9. The molecule has 0 radical (unpaired) electrons. The molecule has 1 aromatic rings. The first-order chi connectivity index (χ1) is 10.1. The molecule has 0 bridgehead atoms. The monoisotopic (exact) mass is 292 g/mol. The van der Waals surface area contributed by atoms with E-state index in [-0.39, 0.29) is 0 Å². The molecule has 0 spiro atoms. The lowest BCUT2D eigenvalue weighted by Gasteiger charge is -2.34. The number of likely N-dealkylation sites (N-methyl/N-ethyl adjacent to an activating group) is 1. The van der Waals surface area contributed by atoms with Crippen molar-refractivity contribution in [2.24, 2.45) is 5.73 Å². The summed E-state index contributed by atoms with van der Waals surface area (Å²) in [5.41, 5.74) is 7.07. The van der Waals surface area contributed by atoms with Crippen molar-refractivity contribution in [1.82, 2.24) is 4.90 Å². The third-order valence-electron chi connectivity index (χ3n) is 4.29. The number of rotatable bonds is 7. The third kappa shape index (κ3) is 5.75. The summed E-state index contributed by atoms with van der Waals surface area (Å²) in [4.78, 5) is 2.25. The molecule has 1 unspecified atom stereocenters. The summed E-state index contributed by atoms with van der Waals surface area (Å²) in [6.45, 7) is 1.60. The second-order valence-electron chi connectivity index (χ2n) is 6.16. The lowest BCUT2D eigenvalue weighted by Crippen LogP contribution is -2.42. The van der Waals surface area contributed by atoms with Crippen LogP contribution < -0.4 is 5.73 Å². The van der Waals surface area contributed by atoms with E-state index in [1.54, 1.807) is 0 Å². The Labute approximate surface area is 127 Å². The second kappa shape index (κ2) is 8.49. The maximum atomic E-state index is 10.1. The highest BCUT2D eigenvalue weighted by molar-refractivity contribution is 5.13. The van der Waals surface area contributed by atoms with Crippen molar-refractivity contribution in [3.05, 3.63) is 35.9 Å². The number of hydrogen-bond acceptors (Lipinski definition) is 4. The molecule has 1 aromatic carbocycles. The van der Waals surface area contributed by atoms with E-state index in [9.17, 15) is 5.11 Å². The van der Waals surface area contributed by atoms with Gasteiger partial charge >= 0.3 is 0 Å². The lowest BCUT2D eigenvalue weighted by atomic mass is 9.91. The Bertz CT molecular complexity index is 391. The van der Waals surface area contributed by atoms with E-state index < -0.39 is 6.10 Å². The molecule has 1 fully saturated rings. The van der Waals surface area contributed by atoms with E-state index in [0.29, 0.717) is 31.8 Å². The fraction of sp³-hybridized carbons (Fsp3) is 0.647. The van der Waals surface area contributed by atoms with Gasteiger partial charge in [-0.05, 0) is 38.3 Å². The Kier molecular flexibility index (Phi) is 6.64. The summed E-state index contributed by atoms with van der Waals surface area (Å²) in [5.74, 6) is 0. The van der Waals surface area contributed by atoms with Crippen LogP contribution in [0.3, 0.4) is 0 Å². The molecule has 4 heteroatoms. The standard InChI is InChI=1S/C17H28N2O2/c1-19(16-9-7-15(18)8-10-16)11-17(20)13-21-12-14-5-3-2-4-6-14/h2-6,15-17,20H,7-13,18H2,1H3. The van der Waals surface area contributed by atoms with E-state index >= 15 is 0 Å². The molecule has 1 saturated carbocycles. The van der Waals surface area contributed by atoms with Crippen molar-refractivity contribution >= 4 is 0 Å². The smallest absolute Gasteiger partial charge is 0.0900 e. The first-order valence-corrected chi connectivity index (χ1v) is 7.90. The predicted molar refractivity (Wildman–Crippen MR) is 85.0 cm³/mol. The first-order valence-electron chi connectivity index (χ1n) is 7.90. The number of nitrogens with zero attached hydrogens (tertiary/aromatic N) is 1. The van der Waals surface area contributed by atoms with E-state index in [1.807, 2.05) is 30.3 Å². The highest BCUT2D eigenvalue weighted by Crippen LogP contribution is 2.21. The van der Waals surface area contributed by atoms with Crippen molar-refractivity contribution in [1.29, 1.82) is 0 Å². The van der Waals surface area contributed by atoms with Crippen LogP contribution in [0.15, 0.2) is 30.3 Å². The highest BCUT2D eigenvalue weighted by atomic mass is 16.5. The lowest BCUT2D eigenvalue weighted by molar-refractivity contribution is 0.00451. The van der Waals surface area contributed by atoms with Crippen molar-refractivity contribution < 1.29 is 9.84 Å². The van der Waals surface area contributed by atoms with Gasteiger partial charge in [0.05, 0.1) is 19.3 Å². The van der Waals surface area contributed by atoms with Gasteiger partial charge in [0.1, 0.15) is 0 Å². The minimum Gasteiger partial charge on any atom is -0.389 e. The van der Waals surface area contributed by atoms with Gasteiger partial charge in [0.2, 0.25) is 0 Å². The van der Waals surface area contributed by atoms with Gasteiger partial charge in [0.25, 0.3) is 0 Å². The van der Waals surface area contributed by atoms with Crippen molar-refractivity contribution in [3.63, 3.8) is 0 Å². The van der Waals surface area contributed by atoms with Gasteiger partial charge < -0.3 is 20.5 Å². The summed E-state index contributed by atoms with van der Waals surface area (Å²) in [6, 6.07) is 11.0. The average Bonchev–Trinajstić information content (AvgIpc) is 2.49. The summed E-state index contributed by atoms with van der Waals surface area (Å²) < 4.78 is 5.59. The number of benzene rings is 1. The normalized spacial score (nSPS) is 24.2. The number of aliphatic hydroxyl groups excluding tert-OH is 1. The molecule has 1 atom stereocenters. The van der Waals surface area contributed by atoms with E-state index in [2.05, 4.69) is 11.9 Å². The van der Waals surface area contributed by atoms with Gasteiger partial charge in [0.15, 0.2) is 0 Å². The summed E-state index contributed by atoms with van der Waals surface area (Å²) in [6.07, 6.45) is 4.02. The van der Waals surface area contributed by atoms with Crippen LogP contribution in [0.5, 0.6) is 0 Å². The molecule has 2 rings (SSSR count). The van der Waals surface area contributed by atoms with Crippen LogP contribution in [0.25, 0.3) is 0 Å². The van der Waals surface area contributed by atoms with Crippen LogP contribution >= 0.6 is 0 Å². The van der Waals surface area contributed by atoms with Gasteiger partial charge in [-0.2, -0.15) is 0 Å². The third-order valence-corrected chi connectivity index (χ3v) is 4.29. The molecular weight excluding hydrogens is 264 g/mol. The summed E-state index contributed by atoms with van der Waals surface area (Å²) >= 11 is 0. The molecule has 0 heterocycles. The molecule has 0 amide bonds. The highest BCUT2D eigenvalue weighted by Gasteiger charge is 2.23. The van der Waals surface area contributed by atoms with Crippen LogP contribution in [-0.2, 0) is 11.3 Å². The van der Waals surface area contributed by atoms with Gasteiger partial charge in [-0.25, -0.2) is 0 Å². The molecule has 0 saturated heterocycles. The number of hydrogen-bond donors (Lipinski definition) is 2. The molecular formula is C17H28N2O2. The van der Waals surface area contributed by atoms with Crippen LogP contribution in [-0.4, -0.2) is 48.4 Å². The van der Waals surface area contributed by atoms with Crippen LogP contribution in [0.1, 0.15) is 31.2 Å². The fourth-order valence-corrected chi connectivity index (χ4v) is 2.96.